The molecule has 2 rings (SSSR count). The SMILES string of the molecule is CCCN(CC(=O)O)CC(=O)Nc1cccc(C(=O)N2CCSCC2)c1. The smallest absolute Gasteiger partial charge is 0.317 e. The molecule has 26 heavy (non-hydrogen) atoms. The molecule has 0 atom stereocenters. The van der Waals surface area contributed by atoms with Crippen molar-refractivity contribution in [2.75, 3.05) is 49.5 Å². The van der Waals surface area contributed by atoms with Gasteiger partial charge in [0.2, 0.25) is 5.91 Å². The number of aliphatic carboxylic acids is 1. The molecular formula is C18H25N3O4S. The Bertz CT molecular complexity index is 647. The van der Waals surface area contributed by atoms with Gasteiger partial charge in [0.1, 0.15) is 0 Å². The van der Waals surface area contributed by atoms with E-state index in [1.54, 1.807) is 29.2 Å². The third kappa shape index (κ3) is 6.34. The standard InChI is InChI=1S/C18H25N3O4S/c1-2-6-20(13-17(23)24)12-16(22)19-15-5-3-4-14(11-15)18(25)21-7-9-26-10-8-21/h3-5,11H,2,6-10,12-13H2,1H3,(H,19,22)(H,23,24). The fourth-order valence-corrected chi connectivity index (χ4v) is 3.71. The molecule has 8 heteroatoms. The number of hydrogen-bond donors (Lipinski definition) is 2. The number of anilines is 1. The van der Waals surface area contributed by atoms with E-state index in [9.17, 15) is 14.4 Å². The van der Waals surface area contributed by atoms with E-state index < -0.39 is 5.97 Å². The summed E-state index contributed by atoms with van der Waals surface area (Å²) in [6, 6.07) is 6.88. The highest BCUT2D eigenvalue weighted by Gasteiger charge is 2.19. The van der Waals surface area contributed by atoms with Gasteiger partial charge in [-0.25, -0.2) is 0 Å². The van der Waals surface area contributed by atoms with Crippen LogP contribution in [0.1, 0.15) is 23.7 Å². The van der Waals surface area contributed by atoms with E-state index in [-0.39, 0.29) is 24.9 Å². The fraction of sp³-hybridized carbons (Fsp3) is 0.500. The van der Waals surface area contributed by atoms with Crippen molar-refractivity contribution in [3.8, 4) is 0 Å². The molecule has 0 aliphatic carbocycles. The average molecular weight is 379 g/mol. The number of carboxylic acid groups (broad SMARTS) is 1. The van der Waals surface area contributed by atoms with Crippen molar-refractivity contribution in [3.05, 3.63) is 29.8 Å². The van der Waals surface area contributed by atoms with Gasteiger partial charge >= 0.3 is 5.97 Å². The molecule has 1 heterocycles. The van der Waals surface area contributed by atoms with Crippen LogP contribution in [0.15, 0.2) is 24.3 Å². The van der Waals surface area contributed by atoms with Crippen LogP contribution in [0.4, 0.5) is 5.69 Å². The number of nitrogens with zero attached hydrogens (tertiary/aromatic N) is 2. The first-order valence-corrected chi connectivity index (χ1v) is 9.86. The van der Waals surface area contributed by atoms with Crippen LogP contribution < -0.4 is 5.32 Å². The maximum atomic E-state index is 12.6. The Morgan fingerprint density at radius 3 is 2.62 bits per heavy atom. The molecular weight excluding hydrogens is 354 g/mol. The predicted molar refractivity (Wildman–Crippen MR) is 103 cm³/mol. The zero-order valence-electron chi connectivity index (χ0n) is 14.9. The van der Waals surface area contributed by atoms with Gasteiger partial charge in [-0.2, -0.15) is 11.8 Å². The van der Waals surface area contributed by atoms with Crippen LogP contribution in [-0.2, 0) is 9.59 Å². The first-order valence-electron chi connectivity index (χ1n) is 8.70. The lowest BCUT2D eigenvalue weighted by molar-refractivity contribution is -0.138. The van der Waals surface area contributed by atoms with E-state index in [1.807, 2.05) is 23.6 Å². The van der Waals surface area contributed by atoms with Gasteiger partial charge in [0.25, 0.3) is 5.91 Å². The van der Waals surface area contributed by atoms with E-state index in [4.69, 9.17) is 5.11 Å². The first kappa shape index (κ1) is 20.3. The zero-order chi connectivity index (χ0) is 18.9. The molecule has 1 fully saturated rings. The van der Waals surface area contributed by atoms with Gasteiger partial charge in [0, 0.05) is 35.8 Å². The van der Waals surface area contributed by atoms with Crippen LogP contribution in [-0.4, -0.2) is 76.9 Å². The zero-order valence-corrected chi connectivity index (χ0v) is 15.8. The van der Waals surface area contributed by atoms with E-state index >= 15 is 0 Å². The second-order valence-corrected chi connectivity index (χ2v) is 7.36. The van der Waals surface area contributed by atoms with Gasteiger partial charge in [-0.15, -0.1) is 0 Å². The summed E-state index contributed by atoms with van der Waals surface area (Å²) in [5.41, 5.74) is 1.09. The molecule has 142 valence electrons. The molecule has 7 nitrogen and oxygen atoms in total. The highest BCUT2D eigenvalue weighted by atomic mass is 32.2. The number of benzene rings is 1. The second-order valence-electron chi connectivity index (χ2n) is 6.14. The molecule has 2 amide bonds. The number of carbonyl (C=O) groups is 3. The molecule has 0 unspecified atom stereocenters. The minimum Gasteiger partial charge on any atom is -0.480 e. The van der Waals surface area contributed by atoms with Crippen LogP contribution in [0.2, 0.25) is 0 Å². The monoisotopic (exact) mass is 379 g/mol. The summed E-state index contributed by atoms with van der Waals surface area (Å²) in [6.45, 7) is 3.77. The van der Waals surface area contributed by atoms with Crippen LogP contribution in [0.3, 0.4) is 0 Å². The van der Waals surface area contributed by atoms with Crippen molar-refractivity contribution in [2.24, 2.45) is 0 Å². The van der Waals surface area contributed by atoms with Crippen molar-refractivity contribution < 1.29 is 19.5 Å². The topological polar surface area (TPSA) is 90.0 Å². The Morgan fingerprint density at radius 1 is 1.23 bits per heavy atom. The number of carbonyl (C=O) groups excluding carboxylic acids is 2. The Hall–Kier alpha value is -2.06. The minimum atomic E-state index is -0.960. The van der Waals surface area contributed by atoms with E-state index in [1.165, 1.54) is 0 Å². The quantitative estimate of drug-likeness (QED) is 0.713. The highest BCUT2D eigenvalue weighted by molar-refractivity contribution is 7.99. The van der Waals surface area contributed by atoms with Crippen molar-refractivity contribution >= 4 is 35.2 Å². The summed E-state index contributed by atoms with van der Waals surface area (Å²) in [7, 11) is 0. The van der Waals surface area contributed by atoms with Gasteiger partial charge in [0.15, 0.2) is 0 Å². The number of amides is 2. The van der Waals surface area contributed by atoms with Crippen LogP contribution in [0, 0.1) is 0 Å². The van der Waals surface area contributed by atoms with Crippen molar-refractivity contribution in [1.29, 1.82) is 0 Å². The fourth-order valence-electron chi connectivity index (χ4n) is 2.80. The highest BCUT2D eigenvalue weighted by Crippen LogP contribution is 2.16. The van der Waals surface area contributed by atoms with Gasteiger partial charge in [-0.3, -0.25) is 19.3 Å². The Kier molecular flexibility index (Phi) is 7.93. The van der Waals surface area contributed by atoms with Crippen LogP contribution >= 0.6 is 11.8 Å². The summed E-state index contributed by atoms with van der Waals surface area (Å²) in [4.78, 5) is 39.1. The Labute approximate surface area is 157 Å². The van der Waals surface area contributed by atoms with Crippen molar-refractivity contribution in [1.82, 2.24) is 9.80 Å². The maximum Gasteiger partial charge on any atom is 0.317 e. The average Bonchev–Trinajstić information content (AvgIpc) is 2.61. The summed E-state index contributed by atoms with van der Waals surface area (Å²) < 4.78 is 0. The lowest BCUT2D eigenvalue weighted by Crippen LogP contribution is -2.38. The summed E-state index contributed by atoms with van der Waals surface area (Å²) >= 11 is 1.84. The molecule has 1 aliphatic heterocycles. The molecule has 1 aromatic carbocycles. The van der Waals surface area contributed by atoms with E-state index in [0.29, 0.717) is 17.8 Å². The number of carboxylic acids is 1. The van der Waals surface area contributed by atoms with Gasteiger partial charge in [0.05, 0.1) is 13.1 Å². The summed E-state index contributed by atoms with van der Waals surface area (Å²) in [5, 5.41) is 11.7. The summed E-state index contributed by atoms with van der Waals surface area (Å²) in [6.07, 6.45) is 0.763. The predicted octanol–water partition coefficient (Wildman–Crippen LogP) is 1.61. The molecule has 2 N–H and O–H groups in total. The van der Waals surface area contributed by atoms with Crippen LogP contribution in [0.25, 0.3) is 0 Å². The van der Waals surface area contributed by atoms with Crippen molar-refractivity contribution in [3.63, 3.8) is 0 Å². The van der Waals surface area contributed by atoms with Gasteiger partial charge in [-0.05, 0) is 31.2 Å². The molecule has 0 saturated carbocycles. The number of rotatable bonds is 8. The van der Waals surface area contributed by atoms with Crippen molar-refractivity contribution in [2.45, 2.75) is 13.3 Å². The largest absolute Gasteiger partial charge is 0.480 e. The molecule has 1 aromatic rings. The lowest BCUT2D eigenvalue weighted by atomic mass is 10.1. The number of nitrogens with one attached hydrogen (secondary N) is 1. The van der Waals surface area contributed by atoms with Gasteiger partial charge < -0.3 is 15.3 Å². The third-order valence-electron chi connectivity index (χ3n) is 3.96. The van der Waals surface area contributed by atoms with E-state index in [0.717, 1.165) is 31.0 Å². The van der Waals surface area contributed by atoms with Gasteiger partial charge in [-0.1, -0.05) is 13.0 Å². The lowest BCUT2D eigenvalue weighted by Gasteiger charge is -2.26. The number of thioether (sulfide) groups is 1. The molecule has 1 aliphatic rings. The first-order chi connectivity index (χ1) is 12.5. The minimum absolute atomic E-state index is 0.00165. The van der Waals surface area contributed by atoms with Crippen LogP contribution in [0.5, 0.6) is 0 Å². The Morgan fingerprint density at radius 2 is 1.96 bits per heavy atom. The second kappa shape index (κ2) is 10.2. The maximum absolute atomic E-state index is 12.6. The third-order valence-corrected chi connectivity index (χ3v) is 4.90. The normalized spacial score (nSPS) is 14.3. The molecule has 0 bridgehead atoms. The Balaban J connectivity index is 1.97. The number of hydrogen-bond acceptors (Lipinski definition) is 5. The van der Waals surface area contributed by atoms with E-state index in [2.05, 4.69) is 5.32 Å². The molecule has 0 radical (unpaired) electrons. The molecule has 0 aromatic heterocycles. The summed E-state index contributed by atoms with van der Waals surface area (Å²) in [5.74, 6) is 0.606. The molecule has 0 spiro atoms. The molecule has 1 saturated heterocycles.